The lowest BCUT2D eigenvalue weighted by Crippen LogP contribution is -2.18. The zero-order chi connectivity index (χ0) is 13.0. The van der Waals surface area contributed by atoms with Gasteiger partial charge in [-0.2, -0.15) is 0 Å². The van der Waals surface area contributed by atoms with Crippen molar-refractivity contribution in [2.45, 2.75) is 19.5 Å². The molecule has 0 fully saturated rings. The minimum Gasteiger partial charge on any atom is -0.306 e. The lowest BCUT2D eigenvalue weighted by atomic mass is 10.1. The van der Waals surface area contributed by atoms with Crippen molar-refractivity contribution in [1.82, 2.24) is 5.32 Å². The average molecular weight is 325 g/mol. The number of benzene rings is 2. The molecule has 0 radical (unpaired) electrons. The molecule has 0 aliphatic rings. The Bertz CT molecular complexity index is 513. The number of rotatable bonds is 4. The van der Waals surface area contributed by atoms with Gasteiger partial charge in [-0.15, -0.1) is 0 Å². The largest absolute Gasteiger partial charge is 0.306 e. The van der Waals surface area contributed by atoms with Crippen LogP contribution in [0.2, 0.25) is 5.02 Å². The van der Waals surface area contributed by atoms with Crippen LogP contribution in [0, 0.1) is 0 Å². The van der Waals surface area contributed by atoms with Crippen LogP contribution in [0.4, 0.5) is 0 Å². The van der Waals surface area contributed by atoms with Crippen LogP contribution in [0.25, 0.3) is 0 Å². The van der Waals surface area contributed by atoms with E-state index in [2.05, 4.69) is 46.4 Å². The SMILES string of the molecule is CC(NCc1ccccc1)c1ccc(Br)cc1Cl. The highest BCUT2D eigenvalue weighted by atomic mass is 79.9. The van der Waals surface area contributed by atoms with Crippen LogP contribution in [-0.4, -0.2) is 0 Å². The fourth-order valence-electron chi connectivity index (χ4n) is 1.83. The maximum atomic E-state index is 6.24. The second-order valence-corrected chi connectivity index (χ2v) is 5.58. The van der Waals surface area contributed by atoms with Crippen LogP contribution in [0.3, 0.4) is 0 Å². The molecule has 0 amide bonds. The Kier molecular flexibility index (Phi) is 4.81. The fraction of sp³-hybridized carbons (Fsp3) is 0.200. The van der Waals surface area contributed by atoms with Crippen molar-refractivity contribution in [1.29, 1.82) is 0 Å². The molecular weight excluding hydrogens is 310 g/mol. The summed E-state index contributed by atoms with van der Waals surface area (Å²) in [7, 11) is 0. The minimum absolute atomic E-state index is 0.228. The van der Waals surface area contributed by atoms with Crippen molar-refractivity contribution in [2.75, 3.05) is 0 Å². The predicted molar refractivity (Wildman–Crippen MR) is 80.8 cm³/mol. The van der Waals surface area contributed by atoms with Crippen LogP contribution in [-0.2, 0) is 6.54 Å². The fourth-order valence-corrected chi connectivity index (χ4v) is 2.67. The first-order valence-electron chi connectivity index (χ1n) is 5.89. The molecule has 0 aliphatic carbocycles. The Morgan fingerprint density at radius 3 is 2.56 bits per heavy atom. The van der Waals surface area contributed by atoms with Crippen LogP contribution >= 0.6 is 27.5 Å². The number of hydrogen-bond acceptors (Lipinski definition) is 1. The Labute approximate surface area is 121 Å². The van der Waals surface area contributed by atoms with Gasteiger partial charge in [-0.3, -0.25) is 0 Å². The van der Waals surface area contributed by atoms with E-state index in [0.717, 1.165) is 21.6 Å². The van der Waals surface area contributed by atoms with Crippen LogP contribution in [0.15, 0.2) is 53.0 Å². The van der Waals surface area contributed by atoms with E-state index in [0.29, 0.717) is 0 Å². The molecule has 0 heterocycles. The zero-order valence-electron chi connectivity index (χ0n) is 10.2. The summed E-state index contributed by atoms with van der Waals surface area (Å²) in [5, 5.41) is 4.27. The number of hydrogen-bond donors (Lipinski definition) is 1. The van der Waals surface area contributed by atoms with Gasteiger partial charge in [-0.25, -0.2) is 0 Å². The van der Waals surface area contributed by atoms with Gasteiger partial charge in [0.25, 0.3) is 0 Å². The molecule has 1 atom stereocenters. The first kappa shape index (κ1) is 13.6. The first-order chi connectivity index (χ1) is 8.66. The van der Waals surface area contributed by atoms with E-state index < -0.39 is 0 Å². The van der Waals surface area contributed by atoms with Gasteiger partial charge in [0.2, 0.25) is 0 Å². The van der Waals surface area contributed by atoms with Crippen molar-refractivity contribution in [3.05, 3.63) is 69.2 Å². The second-order valence-electron chi connectivity index (χ2n) is 4.25. The molecule has 0 saturated heterocycles. The highest BCUT2D eigenvalue weighted by Gasteiger charge is 2.09. The second kappa shape index (κ2) is 6.37. The molecule has 0 bridgehead atoms. The van der Waals surface area contributed by atoms with Crippen LogP contribution in [0.1, 0.15) is 24.1 Å². The van der Waals surface area contributed by atoms with Gasteiger partial charge in [0.15, 0.2) is 0 Å². The van der Waals surface area contributed by atoms with Gasteiger partial charge in [0, 0.05) is 22.1 Å². The molecule has 0 saturated carbocycles. The van der Waals surface area contributed by atoms with Crippen LogP contribution in [0.5, 0.6) is 0 Å². The van der Waals surface area contributed by atoms with E-state index in [1.165, 1.54) is 5.56 Å². The van der Waals surface area contributed by atoms with Gasteiger partial charge in [0.05, 0.1) is 0 Å². The quantitative estimate of drug-likeness (QED) is 0.838. The van der Waals surface area contributed by atoms with Crippen molar-refractivity contribution in [3.63, 3.8) is 0 Å². The smallest absolute Gasteiger partial charge is 0.0464 e. The summed E-state index contributed by atoms with van der Waals surface area (Å²) in [5.74, 6) is 0. The summed E-state index contributed by atoms with van der Waals surface area (Å²) in [4.78, 5) is 0. The third-order valence-electron chi connectivity index (χ3n) is 2.88. The highest BCUT2D eigenvalue weighted by molar-refractivity contribution is 9.10. The maximum Gasteiger partial charge on any atom is 0.0464 e. The summed E-state index contributed by atoms with van der Waals surface area (Å²) in [6.45, 7) is 2.96. The molecule has 1 nitrogen and oxygen atoms in total. The van der Waals surface area contributed by atoms with E-state index >= 15 is 0 Å². The Morgan fingerprint density at radius 1 is 1.17 bits per heavy atom. The van der Waals surface area contributed by atoms with E-state index in [-0.39, 0.29) is 6.04 Å². The molecule has 1 unspecified atom stereocenters. The van der Waals surface area contributed by atoms with E-state index in [1.807, 2.05) is 30.3 Å². The standard InChI is InChI=1S/C15H15BrClN/c1-11(14-8-7-13(16)9-15(14)17)18-10-12-5-3-2-4-6-12/h2-9,11,18H,10H2,1H3. The number of nitrogens with one attached hydrogen (secondary N) is 1. The van der Waals surface area contributed by atoms with Crippen molar-refractivity contribution >= 4 is 27.5 Å². The van der Waals surface area contributed by atoms with Crippen molar-refractivity contribution < 1.29 is 0 Å². The first-order valence-corrected chi connectivity index (χ1v) is 7.06. The molecule has 94 valence electrons. The number of halogens is 2. The topological polar surface area (TPSA) is 12.0 Å². The summed E-state index contributed by atoms with van der Waals surface area (Å²) in [6.07, 6.45) is 0. The minimum atomic E-state index is 0.228. The summed E-state index contributed by atoms with van der Waals surface area (Å²) >= 11 is 9.65. The predicted octanol–water partition coefficient (Wildman–Crippen LogP) is 4.95. The molecule has 1 N–H and O–H groups in total. The highest BCUT2D eigenvalue weighted by Crippen LogP contribution is 2.26. The zero-order valence-corrected chi connectivity index (χ0v) is 12.5. The van der Waals surface area contributed by atoms with Crippen molar-refractivity contribution in [2.24, 2.45) is 0 Å². The molecular formula is C15H15BrClN. The summed E-state index contributed by atoms with van der Waals surface area (Å²) in [5.41, 5.74) is 2.40. The van der Waals surface area contributed by atoms with Gasteiger partial charge in [-0.05, 0) is 30.2 Å². The van der Waals surface area contributed by atoms with E-state index in [4.69, 9.17) is 11.6 Å². The monoisotopic (exact) mass is 323 g/mol. The van der Waals surface area contributed by atoms with E-state index in [1.54, 1.807) is 0 Å². The molecule has 2 rings (SSSR count). The van der Waals surface area contributed by atoms with Gasteiger partial charge >= 0.3 is 0 Å². The van der Waals surface area contributed by atoms with E-state index in [9.17, 15) is 0 Å². The molecule has 0 aromatic heterocycles. The average Bonchev–Trinajstić information content (AvgIpc) is 2.37. The summed E-state index contributed by atoms with van der Waals surface area (Å²) in [6, 6.07) is 16.6. The Morgan fingerprint density at radius 2 is 1.89 bits per heavy atom. The molecule has 2 aromatic carbocycles. The molecule has 18 heavy (non-hydrogen) atoms. The van der Waals surface area contributed by atoms with Crippen molar-refractivity contribution in [3.8, 4) is 0 Å². The Hall–Kier alpha value is -0.830. The lowest BCUT2D eigenvalue weighted by Gasteiger charge is -2.16. The van der Waals surface area contributed by atoms with Gasteiger partial charge in [0.1, 0.15) is 0 Å². The third-order valence-corrected chi connectivity index (χ3v) is 3.70. The van der Waals surface area contributed by atoms with Gasteiger partial charge in [-0.1, -0.05) is 63.9 Å². The molecule has 2 aromatic rings. The summed E-state index contributed by atoms with van der Waals surface area (Å²) < 4.78 is 1.01. The van der Waals surface area contributed by atoms with Gasteiger partial charge < -0.3 is 5.32 Å². The maximum absolute atomic E-state index is 6.24. The molecule has 0 spiro atoms. The molecule has 3 heteroatoms. The Balaban J connectivity index is 2.01. The third kappa shape index (κ3) is 3.58. The van der Waals surface area contributed by atoms with Crippen LogP contribution < -0.4 is 5.32 Å². The lowest BCUT2D eigenvalue weighted by molar-refractivity contribution is 0.575. The molecule has 0 aliphatic heterocycles. The normalized spacial score (nSPS) is 12.4.